The van der Waals surface area contributed by atoms with Crippen LogP contribution < -0.4 is 5.32 Å². The van der Waals surface area contributed by atoms with Crippen LogP contribution in [0.4, 0.5) is 4.79 Å². The molecule has 0 spiro atoms. The number of rotatable bonds is 7. The van der Waals surface area contributed by atoms with Crippen molar-refractivity contribution < 1.29 is 15.0 Å². The van der Waals surface area contributed by atoms with Gasteiger partial charge in [0.15, 0.2) is 0 Å². The van der Waals surface area contributed by atoms with Crippen LogP contribution in [0.15, 0.2) is 71.1 Å². The van der Waals surface area contributed by atoms with Crippen molar-refractivity contribution in [1.82, 2.24) is 10.2 Å². The minimum atomic E-state index is -0.945. The second kappa shape index (κ2) is 11.0. The maximum absolute atomic E-state index is 13.8. The van der Waals surface area contributed by atoms with Crippen LogP contribution in [0.1, 0.15) is 82.2 Å². The number of fused-ring (bicyclic) bond motifs is 5. The molecule has 3 fully saturated rings. The second-order valence-corrected chi connectivity index (χ2v) is 14.7. The Morgan fingerprint density at radius 1 is 1.05 bits per heavy atom. The van der Waals surface area contributed by atoms with Gasteiger partial charge in [0, 0.05) is 16.8 Å². The van der Waals surface area contributed by atoms with E-state index in [4.69, 9.17) is 0 Å². The Hall–Kier alpha value is -2.41. The molecule has 4 aliphatic rings. The monoisotopic (exact) mass is 574 g/mol. The van der Waals surface area contributed by atoms with Crippen molar-refractivity contribution in [1.29, 1.82) is 0 Å². The minimum absolute atomic E-state index is 0.107. The zero-order valence-electron chi connectivity index (χ0n) is 24.8. The van der Waals surface area contributed by atoms with Gasteiger partial charge in [0.25, 0.3) is 0 Å². The molecule has 5 nitrogen and oxygen atoms in total. The van der Waals surface area contributed by atoms with E-state index >= 15 is 0 Å². The van der Waals surface area contributed by atoms with E-state index in [1.54, 1.807) is 11.3 Å². The summed E-state index contributed by atoms with van der Waals surface area (Å²) in [6.07, 6.45) is 11.6. The van der Waals surface area contributed by atoms with Gasteiger partial charge in [-0.1, -0.05) is 73.5 Å². The van der Waals surface area contributed by atoms with E-state index < -0.39 is 5.60 Å². The molecule has 2 amide bonds. The molecule has 0 saturated heterocycles. The Labute approximate surface area is 249 Å². The molecule has 0 radical (unpaired) electrons. The number of benzene rings is 1. The van der Waals surface area contributed by atoms with Crippen LogP contribution in [0.3, 0.4) is 0 Å². The van der Waals surface area contributed by atoms with E-state index in [0.717, 1.165) is 50.5 Å². The van der Waals surface area contributed by atoms with Crippen molar-refractivity contribution in [2.75, 3.05) is 13.1 Å². The molecule has 7 atom stereocenters. The lowest BCUT2D eigenvalue weighted by atomic mass is 9.50. The molecule has 3 saturated carbocycles. The van der Waals surface area contributed by atoms with Gasteiger partial charge in [-0.15, -0.1) is 11.3 Å². The Morgan fingerprint density at radius 2 is 1.83 bits per heavy atom. The highest BCUT2D eigenvalue weighted by Crippen LogP contribution is 2.66. The van der Waals surface area contributed by atoms with E-state index in [0.29, 0.717) is 31.3 Å². The second-order valence-electron chi connectivity index (χ2n) is 13.6. The van der Waals surface area contributed by atoms with Crippen molar-refractivity contribution in [2.45, 2.75) is 89.9 Å². The lowest BCUT2D eigenvalue weighted by Crippen LogP contribution is -2.58. The van der Waals surface area contributed by atoms with Gasteiger partial charge in [0.1, 0.15) is 0 Å². The fourth-order valence-electron chi connectivity index (χ4n) is 8.72. The standard InChI is InChI=1S/C35H46N2O3S/c1-24(25-8-5-4-6-9-25)36-32(39)37(20-16-28-10-7-21-41-28)23-35(40)19-15-31-29-12-11-26-22-27(38)13-17-33(26,2)30(29)14-18-34(31,35)3/h4-12,21,24,27,30-31,38,40H,13-20,22-23H2,1-3H3,(H,36,39)/t24-,27+,30+,31+,33+,34+,35-/m1/s1. The van der Waals surface area contributed by atoms with Crippen LogP contribution in [0.2, 0.25) is 0 Å². The highest BCUT2D eigenvalue weighted by molar-refractivity contribution is 7.09. The number of nitrogens with zero attached hydrogens (tertiary/aromatic N) is 1. The molecule has 0 aliphatic heterocycles. The number of carbonyl (C=O) groups excluding carboxylic acids is 1. The molecule has 220 valence electrons. The summed E-state index contributed by atoms with van der Waals surface area (Å²) in [5.41, 5.74) is 2.88. The van der Waals surface area contributed by atoms with Crippen LogP contribution in [-0.4, -0.2) is 45.9 Å². The fraction of sp³-hybridized carbons (Fsp3) is 0.571. The zero-order valence-corrected chi connectivity index (χ0v) is 25.6. The zero-order chi connectivity index (χ0) is 28.8. The number of thiophene rings is 1. The molecule has 2 aromatic rings. The molecule has 1 aromatic heterocycles. The van der Waals surface area contributed by atoms with E-state index in [1.807, 2.05) is 42.2 Å². The summed E-state index contributed by atoms with van der Waals surface area (Å²) in [5.74, 6) is 0.804. The quantitative estimate of drug-likeness (QED) is 0.332. The summed E-state index contributed by atoms with van der Waals surface area (Å²) < 4.78 is 0. The van der Waals surface area contributed by atoms with Crippen molar-refractivity contribution in [3.8, 4) is 0 Å². The van der Waals surface area contributed by atoms with Crippen LogP contribution in [0.5, 0.6) is 0 Å². The number of nitrogens with one attached hydrogen (secondary N) is 1. The van der Waals surface area contributed by atoms with E-state index in [9.17, 15) is 15.0 Å². The van der Waals surface area contributed by atoms with Crippen LogP contribution in [0.25, 0.3) is 0 Å². The highest BCUT2D eigenvalue weighted by atomic mass is 32.1. The summed E-state index contributed by atoms with van der Waals surface area (Å²) >= 11 is 1.72. The third kappa shape index (κ3) is 5.10. The number of allylic oxidation sites excluding steroid dienone is 3. The number of hydrogen-bond donors (Lipinski definition) is 3. The van der Waals surface area contributed by atoms with Crippen molar-refractivity contribution in [2.24, 2.45) is 22.7 Å². The number of aliphatic hydroxyl groups excluding tert-OH is 1. The predicted octanol–water partition coefficient (Wildman–Crippen LogP) is 7.04. The third-order valence-electron chi connectivity index (χ3n) is 11.5. The first-order chi connectivity index (χ1) is 19.6. The average Bonchev–Trinajstić information content (AvgIpc) is 3.58. The lowest BCUT2D eigenvalue weighted by molar-refractivity contribution is -0.0963. The number of amides is 2. The number of aliphatic hydroxyl groups is 2. The Kier molecular flexibility index (Phi) is 7.71. The number of urea groups is 1. The summed E-state index contributed by atoms with van der Waals surface area (Å²) in [7, 11) is 0. The van der Waals surface area contributed by atoms with Gasteiger partial charge >= 0.3 is 6.03 Å². The largest absolute Gasteiger partial charge is 0.393 e. The molecule has 6 rings (SSSR count). The Bertz CT molecular complexity index is 1310. The van der Waals surface area contributed by atoms with Crippen LogP contribution in [-0.2, 0) is 6.42 Å². The number of carbonyl (C=O) groups is 1. The minimum Gasteiger partial charge on any atom is -0.393 e. The first kappa shape index (κ1) is 28.7. The normalized spacial score (nSPS) is 34.9. The molecule has 1 heterocycles. The smallest absolute Gasteiger partial charge is 0.317 e. The van der Waals surface area contributed by atoms with Gasteiger partial charge in [0.05, 0.1) is 24.3 Å². The highest BCUT2D eigenvalue weighted by Gasteiger charge is 2.62. The Morgan fingerprint density at radius 3 is 2.59 bits per heavy atom. The summed E-state index contributed by atoms with van der Waals surface area (Å²) in [6, 6.07) is 14.0. The van der Waals surface area contributed by atoms with Crippen LogP contribution >= 0.6 is 11.3 Å². The van der Waals surface area contributed by atoms with Crippen molar-refractivity contribution in [3.63, 3.8) is 0 Å². The first-order valence-corrected chi connectivity index (χ1v) is 16.5. The molecule has 0 bridgehead atoms. The molecule has 41 heavy (non-hydrogen) atoms. The molecule has 4 aliphatic carbocycles. The molecule has 1 aromatic carbocycles. The van der Waals surface area contributed by atoms with Crippen LogP contribution in [0, 0.1) is 22.7 Å². The van der Waals surface area contributed by atoms with Gasteiger partial charge < -0.3 is 20.4 Å². The Balaban J connectivity index is 1.24. The average molecular weight is 575 g/mol. The molecular weight excluding hydrogens is 528 g/mol. The SMILES string of the molecule is C[C@@H](NC(=O)N(CCc1cccs1)C[C@]1(O)CC[C@H]2C3=CC=C4C[C@@H](O)CC[C@]4(C)[C@H]3CC[C@@]21C)c1ccccc1. The first-order valence-electron chi connectivity index (χ1n) is 15.6. The number of hydrogen-bond acceptors (Lipinski definition) is 4. The van der Waals surface area contributed by atoms with Gasteiger partial charge in [0.2, 0.25) is 0 Å². The van der Waals surface area contributed by atoms with E-state index in [2.05, 4.69) is 48.8 Å². The van der Waals surface area contributed by atoms with E-state index in [1.165, 1.54) is 16.0 Å². The summed E-state index contributed by atoms with van der Waals surface area (Å²) in [6.45, 7) is 7.65. The van der Waals surface area contributed by atoms with E-state index in [-0.39, 0.29) is 29.0 Å². The third-order valence-corrected chi connectivity index (χ3v) is 12.4. The van der Waals surface area contributed by atoms with Gasteiger partial charge in [-0.05, 0) is 92.6 Å². The summed E-state index contributed by atoms with van der Waals surface area (Å²) in [4.78, 5) is 16.9. The maximum atomic E-state index is 13.8. The van der Waals surface area contributed by atoms with Gasteiger partial charge in [-0.2, -0.15) is 0 Å². The van der Waals surface area contributed by atoms with Crippen molar-refractivity contribution >= 4 is 17.4 Å². The molecule has 0 unspecified atom stereocenters. The molecular formula is C35H46N2O3S. The summed E-state index contributed by atoms with van der Waals surface area (Å²) in [5, 5.41) is 28.1. The van der Waals surface area contributed by atoms with Gasteiger partial charge in [-0.25, -0.2) is 4.79 Å². The molecule has 6 heteroatoms. The van der Waals surface area contributed by atoms with Crippen molar-refractivity contribution in [3.05, 3.63) is 81.6 Å². The topological polar surface area (TPSA) is 72.8 Å². The fourth-order valence-corrected chi connectivity index (χ4v) is 9.42. The lowest BCUT2D eigenvalue weighted by Gasteiger charge is -2.56. The molecule has 3 N–H and O–H groups in total. The van der Waals surface area contributed by atoms with Gasteiger partial charge in [-0.3, -0.25) is 0 Å². The maximum Gasteiger partial charge on any atom is 0.317 e. The predicted molar refractivity (Wildman–Crippen MR) is 166 cm³/mol.